The molecule has 0 saturated carbocycles. The van der Waals surface area contributed by atoms with Crippen LogP contribution in [0.2, 0.25) is 0 Å². The summed E-state index contributed by atoms with van der Waals surface area (Å²) in [7, 11) is 0. The van der Waals surface area contributed by atoms with E-state index in [9.17, 15) is 0 Å². The molecule has 1 aliphatic carbocycles. The van der Waals surface area contributed by atoms with Gasteiger partial charge in [0.1, 0.15) is 5.82 Å². The number of benzene rings is 3. The molecule has 0 atom stereocenters. The summed E-state index contributed by atoms with van der Waals surface area (Å²) in [5.41, 5.74) is 11.3. The molecule has 0 unspecified atom stereocenters. The van der Waals surface area contributed by atoms with Gasteiger partial charge >= 0.3 is 0 Å². The lowest BCUT2D eigenvalue weighted by molar-refractivity contribution is 0.941. The molecule has 0 bridgehead atoms. The molecule has 1 aromatic heterocycles. The number of fused-ring (bicyclic) bond motifs is 4. The molecule has 2 heteroatoms. The third-order valence-corrected chi connectivity index (χ3v) is 6.58. The quantitative estimate of drug-likeness (QED) is 0.378. The zero-order chi connectivity index (χ0) is 19.9. The van der Waals surface area contributed by atoms with Gasteiger partial charge in [0, 0.05) is 6.20 Å². The molecule has 0 radical (unpaired) electrons. The Labute approximate surface area is 177 Å². The highest BCUT2D eigenvalue weighted by Crippen LogP contribution is 2.42. The molecule has 4 aromatic rings. The van der Waals surface area contributed by atoms with Crippen LogP contribution < -0.4 is 4.90 Å². The van der Waals surface area contributed by atoms with Crippen LogP contribution in [0.5, 0.6) is 0 Å². The average molecular weight is 389 g/mol. The molecule has 2 nitrogen and oxygen atoms in total. The van der Waals surface area contributed by atoms with E-state index in [0.717, 1.165) is 37.9 Å². The first kappa shape index (κ1) is 17.5. The Kier molecular flexibility index (Phi) is 4.16. The van der Waals surface area contributed by atoms with E-state index in [4.69, 9.17) is 4.98 Å². The Hall–Kier alpha value is -3.39. The monoisotopic (exact) mass is 388 g/mol. The van der Waals surface area contributed by atoms with Gasteiger partial charge in [0.15, 0.2) is 0 Å². The molecule has 146 valence electrons. The second kappa shape index (κ2) is 7.14. The number of anilines is 3. The zero-order valence-corrected chi connectivity index (χ0v) is 17.0. The van der Waals surface area contributed by atoms with Gasteiger partial charge < -0.3 is 0 Å². The second-order valence-corrected chi connectivity index (χ2v) is 8.35. The summed E-state index contributed by atoms with van der Waals surface area (Å²) in [6.07, 6.45) is 7.28. The molecule has 0 N–H and O–H groups in total. The second-order valence-electron chi connectivity index (χ2n) is 8.35. The predicted molar refractivity (Wildman–Crippen MR) is 123 cm³/mol. The minimum absolute atomic E-state index is 0.988. The van der Waals surface area contributed by atoms with E-state index < -0.39 is 0 Å². The van der Waals surface area contributed by atoms with E-state index >= 15 is 0 Å². The van der Waals surface area contributed by atoms with Gasteiger partial charge in [-0.05, 0) is 89.8 Å². The third kappa shape index (κ3) is 2.91. The van der Waals surface area contributed by atoms with Crippen molar-refractivity contribution in [2.45, 2.75) is 32.1 Å². The lowest BCUT2D eigenvalue weighted by Crippen LogP contribution is -2.14. The summed E-state index contributed by atoms with van der Waals surface area (Å²) < 4.78 is 0. The Morgan fingerprint density at radius 3 is 2.10 bits per heavy atom. The van der Waals surface area contributed by atoms with E-state index in [0.29, 0.717) is 0 Å². The lowest BCUT2D eigenvalue weighted by atomic mass is 9.95. The number of aryl methyl sites for hydroxylation is 4. The number of hydrogen-bond donors (Lipinski definition) is 0. The van der Waals surface area contributed by atoms with Gasteiger partial charge in [-0.1, -0.05) is 54.6 Å². The minimum atomic E-state index is 0.988. The first-order valence-electron chi connectivity index (χ1n) is 10.9. The number of para-hydroxylation sites is 1. The van der Waals surface area contributed by atoms with Crippen molar-refractivity contribution in [2.24, 2.45) is 0 Å². The Morgan fingerprint density at radius 1 is 0.533 bits per heavy atom. The van der Waals surface area contributed by atoms with Crippen LogP contribution in [0.4, 0.5) is 17.2 Å². The SMILES string of the molecule is c1ccc(N2c3ccccc3CCc3cc4c(cc32)Cc2ccccc2CC4)nc1. The maximum Gasteiger partial charge on any atom is 0.137 e. The van der Waals surface area contributed by atoms with Crippen molar-refractivity contribution in [3.05, 3.63) is 118 Å². The highest BCUT2D eigenvalue weighted by atomic mass is 15.2. The normalized spacial score (nSPS) is 14.6. The van der Waals surface area contributed by atoms with Gasteiger partial charge in [-0.25, -0.2) is 4.98 Å². The smallest absolute Gasteiger partial charge is 0.137 e. The van der Waals surface area contributed by atoms with Crippen molar-refractivity contribution < 1.29 is 0 Å². The summed E-state index contributed by atoms with van der Waals surface area (Å²) in [5, 5.41) is 0. The lowest BCUT2D eigenvalue weighted by Gasteiger charge is -2.27. The first-order valence-corrected chi connectivity index (χ1v) is 10.9. The fourth-order valence-electron chi connectivity index (χ4n) is 5.05. The van der Waals surface area contributed by atoms with Gasteiger partial charge in [-0.15, -0.1) is 0 Å². The summed E-state index contributed by atoms with van der Waals surface area (Å²) in [5.74, 6) is 0.988. The van der Waals surface area contributed by atoms with Crippen molar-refractivity contribution in [1.82, 2.24) is 4.98 Å². The maximum absolute atomic E-state index is 4.73. The van der Waals surface area contributed by atoms with Crippen molar-refractivity contribution in [3.63, 3.8) is 0 Å². The minimum Gasteiger partial charge on any atom is -0.294 e. The van der Waals surface area contributed by atoms with Crippen LogP contribution in [-0.4, -0.2) is 4.98 Å². The number of hydrogen-bond acceptors (Lipinski definition) is 2. The third-order valence-electron chi connectivity index (χ3n) is 6.58. The summed E-state index contributed by atoms with van der Waals surface area (Å²) in [6.45, 7) is 0. The Bertz CT molecular complexity index is 1230. The molecule has 0 fully saturated rings. The Balaban J connectivity index is 1.55. The first-order chi connectivity index (χ1) is 14.9. The van der Waals surface area contributed by atoms with Crippen LogP contribution in [0.15, 0.2) is 85.1 Å². The van der Waals surface area contributed by atoms with Crippen molar-refractivity contribution in [3.8, 4) is 0 Å². The van der Waals surface area contributed by atoms with Crippen LogP contribution in [0, 0.1) is 0 Å². The highest BCUT2D eigenvalue weighted by molar-refractivity contribution is 5.80. The largest absolute Gasteiger partial charge is 0.294 e. The molecular formula is C28H24N2. The zero-order valence-electron chi connectivity index (χ0n) is 17.0. The van der Waals surface area contributed by atoms with Crippen LogP contribution in [0.1, 0.15) is 33.4 Å². The maximum atomic E-state index is 4.73. The molecule has 0 saturated heterocycles. The molecule has 1 aliphatic heterocycles. The number of nitrogens with zero attached hydrogens (tertiary/aromatic N) is 2. The van der Waals surface area contributed by atoms with E-state index in [1.165, 1.54) is 44.8 Å². The molecule has 2 heterocycles. The van der Waals surface area contributed by atoms with E-state index in [1.807, 2.05) is 12.3 Å². The molecule has 6 rings (SSSR count). The summed E-state index contributed by atoms with van der Waals surface area (Å²) in [6, 6.07) is 28.8. The van der Waals surface area contributed by atoms with Crippen LogP contribution in [0.3, 0.4) is 0 Å². The predicted octanol–water partition coefficient (Wildman–Crippen LogP) is 6.34. The molecule has 0 spiro atoms. The van der Waals surface area contributed by atoms with Crippen LogP contribution in [-0.2, 0) is 32.1 Å². The van der Waals surface area contributed by atoms with E-state index in [2.05, 4.69) is 77.7 Å². The van der Waals surface area contributed by atoms with Gasteiger partial charge in [0.2, 0.25) is 0 Å². The van der Waals surface area contributed by atoms with Crippen molar-refractivity contribution >= 4 is 17.2 Å². The molecule has 2 aliphatic rings. The number of pyridine rings is 1. The molecular weight excluding hydrogens is 364 g/mol. The highest BCUT2D eigenvalue weighted by Gasteiger charge is 2.25. The molecule has 0 amide bonds. The van der Waals surface area contributed by atoms with Crippen LogP contribution in [0.25, 0.3) is 0 Å². The topological polar surface area (TPSA) is 16.1 Å². The standard InChI is InChI=1S/C28H24N2/c1-2-9-22-18-25-19-27-24(17-23(25)14-12-20(22)7-1)15-13-21-8-3-4-10-26(21)30(27)28-11-5-6-16-29-28/h1-11,16-17,19H,12-15,18H2. The summed E-state index contributed by atoms with van der Waals surface area (Å²) in [4.78, 5) is 7.10. The Morgan fingerprint density at radius 2 is 1.23 bits per heavy atom. The van der Waals surface area contributed by atoms with Crippen molar-refractivity contribution in [2.75, 3.05) is 4.90 Å². The average Bonchev–Trinajstić information content (AvgIpc) is 3.07. The van der Waals surface area contributed by atoms with Crippen LogP contribution >= 0.6 is 0 Å². The fraction of sp³-hybridized carbons (Fsp3) is 0.179. The fourth-order valence-corrected chi connectivity index (χ4v) is 5.05. The van der Waals surface area contributed by atoms with E-state index in [1.54, 1.807) is 0 Å². The van der Waals surface area contributed by atoms with Gasteiger partial charge in [0.05, 0.1) is 11.4 Å². The number of rotatable bonds is 1. The van der Waals surface area contributed by atoms with Gasteiger partial charge in [-0.3, -0.25) is 4.90 Å². The summed E-state index contributed by atoms with van der Waals surface area (Å²) >= 11 is 0. The number of aromatic nitrogens is 1. The van der Waals surface area contributed by atoms with Crippen molar-refractivity contribution in [1.29, 1.82) is 0 Å². The van der Waals surface area contributed by atoms with Gasteiger partial charge in [0.25, 0.3) is 0 Å². The molecule has 3 aromatic carbocycles. The van der Waals surface area contributed by atoms with Gasteiger partial charge in [-0.2, -0.15) is 0 Å². The van der Waals surface area contributed by atoms with E-state index in [-0.39, 0.29) is 0 Å². The molecule has 30 heavy (non-hydrogen) atoms.